The number of imidazole rings is 1. The van der Waals surface area contributed by atoms with Crippen LogP contribution in [0.25, 0.3) is 44.7 Å². The van der Waals surface area contributed by atoms with Gasteiger partial charge < -0.3 is 4.90 Å². The maximum absolute atomic E-state index is 7.02. The van der Waals surface area contributed by atoms with E-state index in [1.807, 2.05) is 18.3 Å². The third-order valence-electron chi connectivity index (χ3n) is 14.8. The maximum atomic E-state index is 7.02. The zero-order valence-corrected chi connectivity index (χ0v) is 48.6. The van der Waals surface area contributed by atoms with Crippen molar-refractivity contribution in [2.24, 2.45) is 0 Å². The fourth-order valence-electron chi connectivity index (χ4n) is 10.4. The first-order chi connectivity index (χ1) is 36.6. The number of fused-ring (bicyclic) bond motifs is 7. The Labute approximate surface area is 466 Å². The molecule has 11 rings (SSSR count). The molecular weight excluding hydrogens is 1120 g/mol. The first-order valence-electron chi connectivity index (χ1n) is 26.7. The van der Waals surface area contributed by atoms with E-state index in [0.29, 0.717) is 11.5 Å². The van der Waals surface area contributed by atoms with Crippen LogP contribution in [0.15, 0.2) is 188 Å². The third-order valence-corrected chi connectivity index (χ3v) is 15.8. The van der Waals surface area contributed by atoms with Crippen molar-refractivity contribution >= 4 is 45.3 Å². The molecule has 0 N–H and O–H groups in total. The summed E-state index contributed by atoms with van der Waals surface area (Å²) >= 11 is 2.48. The van der Waals surface area contributed by atoms with Crippen molar-refractivity contribution in [1.29, 1.82) is 0 Å². The predicted molar refractivity (Wildman–Crippen MR) is 316 cm³/mol. The van der Waals surface area contributed by atoms with E-state index in [2.05, 4.69) is 303 Å². The summed E-state index contributed by atoms with van der Waals surface area (Å²) in [7, 11) is 0. The summed E-state index contributed by atoms with van der Waals surface area (Å²) in [5.41, 5.74) is 18.1. The molecular formula is C70H67N5OPt-2. The first kappa shape index (κ1) is 51.6. The van der Waals surface area contributed by atoms with Crippen LogP contribution in [-0.2, 0) is 41.0 Å². The van der Waals surface area contributed by atoms with Crippen LogP contribution in [0.1, 0.15) is 105 Å². The molecule has 0 bridgehead atoms. The third kappa shape index (κ3) is 9.82. The van der Waals surface area contributed by atoms with Gasteiger partial charge in [0.05, 0.1) is 5.69 Å². The molecule has 7 heteroatoms. The van der Waals surface area contributed by atoms with Gasteiger partial charge in [-0.15, -0.1) is 0 Å². The van der Waals surface area contributed by atoms with Crippen LogP contribution in [0.3, 0.4) is 0 Å². The van der Waals surface area contributed by atoms with Gasteiger partial charge in [-0.1, -0.05) is 102 Å². The Morgan fingerprint density at radius 1 is 0.403 bits per heavy atom. The molecule has 0 amide bonds. The smallest absolute Gasteiger partial charge is 0.0615 e. The second kappa shape index (κ2) is 19.5. The van der Waals surface area contributed by atoms with Gasteiger partial charge in [-0.25, -0.2) is 0 Å². The van der Waals surface area contributed by atoms with Crippen LogP contribution in [0.4, 0.5) is 34.3 Å². The van der Waals surface area contributed by atoms with Gasteiger partial charge in [0.15, 0.2) is 0 Å². The van der Waals surface area contributed by atoms with E-state index in [1.165, 1.54) is 22.3 Å². The summed E-state index contributed by atoms with van der Waals surface area (Å²) < 4.78 is 12.7. The van der Waals surface area contributed by atoms with Crippen LogP contribution in [0.2, 0.25) is 0 Å². The van der Waals surface area contributed by atoms with E-state index in [-0.39, 0.29) is 21.7 Å². The minimum absolute atomic E-state index is 0.0359. The Morgan fingerprint density at radius 3 is 1.49 bits per heavy atom. The molecule has 6 nitrogen and oxygen atoms in total. The number of benzene rings is 8. The van der Waals surface area contributed by atoms with E-state index in [4.69, 9.17) is 9.72 Å². The van der Waals surface area contributed by atoms with Crippen molar-refractivity contribution in [2.75, 3.05) is 9.80 Å². The van der Waals surface area contributed by atoms with Crippen molar-refractivity contribution in [2.45, 2.75) is 105 Å². The van der Waals surface area contributed by atoms with Crippen molar-refractivity contribution in [1.82, 2.24) is 14.1 Å². The van der Waals surface area contributed by atoms with Crippen molar-refractivity contribution in [3.8, 4) is 45.1 Å². The van der Waals surface area contributed by atoms with Gasteiger partial charge in [-0.3, -0.25) is 0 Å². The molecule has 3 heterocycles. The number of para-hydroxylation sites is 5. The Balaban J connectivity index is 1.11. The summed E-state index contributed by atoms with van der Waals surface area (Å²) in [6.45, 7) is 27.3. The second-order valence-electron chi connectivity index (χ2n) is 24.4. The average molecular weight is 1190 g/mol. The van der Waals surface area contributed by atoms with E-state index in [9.17, 15) is 0 Å². The normalized spacial score (nSPS) is 13.0. The first-order valence-corrected chi connectivity index (χ1v) is 27.8. The van der Waals surface area contributed by atoms with E-state index in [1.54, 1.807) is 0 Å². The van der Waals surface area contributed by atoms with E-state index in [0.717, 1.165) is 82.7 Å². The number of pyridine rings is 1. The number of nitrogens with zero attached hydrogens (tertiary/aromatic N) is 5. The minimum Gasteiger partial charge on any atom is -0.0615 e. The SMILES string of the molecule is CC(C)(C)c1cccc(N2c3ccccc3-c3ccc(Oc4[c-]c(-n5[c](=[Pt])n(-c6cc(C(C)(C)C)cc(C(C)(C)C)c6)c6ccccc65)ccc4)[c-]c3N(c3cc(C(C)(C)C)ccn3)c3ccccc3-c3ccccc32)c1. The molecule has 0 unspecified atom stereocenters. The molecule has 0 saturated heterocycles. The number of ether oxygens (including phenoxy) is 1. The van der Waals surface area contributed by atoms with Gasteiger partial charge in [0.2, 0.25) is 0 Å². The fraction of sp³-hybridized carbons (Fsp3) is 0.229. The molecule has 0 aliphatic carbocycles. The quantitative estimate of drug-likeness (QED) is 0.156. The van der Waals surface area contributed by atoms with Crippen LogP contribution in [-0.4, -0.2) is 14.1 Å². The van der Waals surface area contributed by atoms with E-state index < -0.39 is 0 Å². The van der Waals surface area contributed by atoms with Crippen LogP contribution in [0.5, 0.6) is 11.5 Å². The second-order valence-corrected chi connectivity index (χ2v) is 25.4. The molecule has 390 valence electrons. The zero-order valence-electron chi connectivity index (χ0n) is 46.4. The van der Waals surface area contributed by atoms with Gasteiger partial charge in [0.25, 0.3) is 0 Å². The average Bonchev–Trinajstić information content (AvgIpc) is 3.70. The number of hydrogen-bond donors (Lipinski definition) is 0. The fourth-order valence-corrected chi connectivity index (χ4v) is 11.5. The zero-order chi connectivity index (χ0) is 54.2. The molecule has 1 aliphatic heterocycles. The van der Waals surface area contributed by atoms with Crippen molar-refractivity contribution < 1.29 is 24.1 Å². The predicted octanol–water partition coefficient (Wildman–Crippen LogP) is 19.1. The Hall–Kier alpha value is -7.53. The Morgan fingerprint density at radius 2 is 0.896 bits per heavy atom. The number of rotatable bonds is 6. The molecule has 77 heavy (non-hydrogen) atoms. The summed E-state index contributed by atoms with van der Waals surface area (Å²) in [5, 5.41) is 0. The summed E-state index contributed by atoms with van der Waals surface area (Å²) in [6.07, 6.45) is 1.94. The molecule has 0 spiro atoms. The molecule has 8 aromatic carbocycles. The topological polar surface area (TPSA) is 38.5 Å². The molecule has 10 aromatic rings. The minimum atomic E-state index is -0.137. The summed E-state index contributed by atoms with van der Waals surface area (Å²) in [6, 6.07) is 73.3. The van der Waals surface area contributed by atoms with Crippen molar-refractivity contribution in [3.63, 3.8) is 0 Å². The number of hydrogen-bond acceptors (Lipinski definition) is 4. The van der Waals surface area contributed by atoms with Gasteiger partial charge in [-0.05, 0) is 52.3 Å². The van der Waals surface area contributed by atoms with Gasteiger partial charge in [0, 0.05) is 17.4 Å². The molecule has 2 aromatic heterocycles. The van der Waals surface area contributed by atoms with Gasteiger partial charge in [-0.2, -0.15) is 0 Å². The molecule has 0 radical (unpaired) electrons. The number of aromatic nitrogens is 3. The monoisotopic (exact) mass is 1190 g/mol. The van der Waals surface area contributed by atoms with E-state index >= 15 is 0 Å². The Bertz CT molecular complexity index is 3910. The summed E-state index contributed by atoms with van der Waals surface area (Å²) in [5.74, 6) is 1.90. The van der Waals surface area contributed by atoms with Crippen LogP contribution < -0.4 is 14.5 Å². The standard InChI is InChI=1S/C70H67N5O.Pt/c1-67(2,3)47-23-21-25-52(40-47)74-60-30-16-13-27-56(60)57-28-15-18-32-62(57)75(66-43-48(37-38-71-66)68(4,5)6)65-45-55(35-36-59(65)58-29-14-17-31-61(58)74)76-54-26-22-24-51(44-54)72-46-73(64-34-20-19-33-63(64)72)53-41-49(69(7,8)9)39-50(42-53)70(10,11)12;/h13-43H,1-12H3;/q-2;. The number of anilines is 6. The molecule has 0 atom stereocenters. The summed E-state index contributed by atoms with van der Waals surface area (Å²) in [4.78, 5) is 9.91. The Kier molecular flexibility index (Phi) is 13.1. The van der Waals surface area contributed by atoms with Gasteiger partial charge in [0.1, 0.15) is 0 Å². The molecule has 0 saturated carbocycles. The van der Waals surface area contributed by atoms with Crippen LogP contribution in [0, 0.1) is 15.9 Å². The molecule has 0 fully saturated rings. The molecule has 1 aliphatic rings. The van der Waals surface area contributed by atoms with Crippen LogP contribution >= 0.6 is 0 Å². The van der Waals surface area contributed by atoms with Gasteiger partial charge >= 0.3 is 287 Å². The van der Waals surface area contributed by atoms with Crippen molar-refractivity contribution in [3.05, 3.63) is 226 Å².